The molecule has 3 heterocycles. The summed E-state index contributed by atoms with van der Waals surface area (Å²) < 4.78 is 0. The number of aromatic amines is 1. The van der Waals surface area contributed by atoms with Crippen LogP contribution in [0.25, 0.3) is 23.1 Å². The van der Waals surface area contributed by atoms with E-state index in [-0.39, 0.29) is 11.8 Å². The van der Waals surface area contributed by atoms with Crippen molar-refractivity contribution >= 4 is 34.6 Å². The molecule has 3 aromatic carbocycles. The average molecular weight is 490 g/mol. The van der Waals surface area contributed by atoms with Crippen LogP contribution in [0.15, 0.2) is 66.7 Å². The molecule has 3 aliphatic rings. The molecule has 1 amide bonds. The zero-order valence-electron chi connectivity index (χ0n) is 21.1. The molecule has 1 spiro atoms. The van der Waals surface area contributed by atoms with Crippen molar-refractivity contribution in [2.75, 3.05) is 38.5 Å². The number of fused-ring (bicyclic) bond motifs is 3. The standard InChI is InChI=1S/C31H31N5O/c1-35-14-16-36(17-15-35)20-22-8-6-21(7-9-22)10-13-27-24-12-11-23(18-29(24)34-33-27)26-19-31(26)25-4-2-3-5-28(25)32-30(31)37/h2-13,18,26H,14-17,19-20H2,1H3,(H,32,37)(H,33,34)/t26-,31-/m0/s1. The minimum absolute atomic E-state index is 0.126. The average Bonchev–Trinajstić information content (AvgIpc) is 3.46. The lowest BCUT2D eigenvalue weighted by Gasteiger charge is -2.32. The van der Waals surface area contributed by atoms with Gasteiger partial charge in [-0.05, 0) is 53.9 Å². The molecular weight excluding hydrogens is 458 g/mol. The first-order valence-electron chi connectivity index (χ1n) is 13.2. The van der Waals surface area contributed by atoms with Crippen LogP contribution in [0.1, 0.15) is 40.3 Å². The van der Waals surface area contributed by atoms with Crippen LogP contribution >= 0.6 is 0 Å². The Hall–Kier alpha value is -3.74. The number of hydrogen-bond donors (Lipinski definition) is 2. The number of H-pyrrole nitrogens is 1. The number of hydrogen-bond acceptors (Lipinski definition) is 4. The second-order valence-corrected chi connectivity index (χ2v) is 10.8. The van der Waals surface area contributed by atoms with E-state index in [0.717, 1.165) is 67.0 Å². The van der Waals surface area contributed by atoms with Gasteiger partial charge in [0.05, 0.1) is 16.6 Å². The third-order valence-electron chi connectivity index (χ3n) is 8.46. The molecule has 37 heavy (non-hydrogen) atoms. The third kappa shape index (κ3) is 3.88. The first-order chi connectivity index (χ1) is 18.1. The normalized spacial score (nSPS) is 23.7. The fourth-order valence-corrected chi connectivity index (χ4v) is 6.13. The molecule has 4 aromatic rings. The summed E-state index contributed by atoms with van der Waals surface area (Å²) in [6.07, 6.45) is 5.05. The summed E-state index contributed by atoms with van der Waals surface area (Å²) in [5.74, 6) is 0.328. The lowest BCUT2D eigenvalue weighted by atomic mass is 9.92. The number of benzene rings is 3. The van der Waals surface area contributed by atoms with Crippen molar-refractivity contribution in [3.8, 4) is 0 Å². The van der Waals surface area contributed by atoms with E-state index in [0.29, 0.717) is 0 Å². The highest BCUT2D eigenvalue weighted by molar-refractivity contribution is 6.09. The van der Waals surface area contributed by atoms with Gasteiger partial charge in [0.15, 0.2) is 0 Å². The van der Waals surface area contributed by atoms with Crippen molar-refractivity contribution < 1.29 is 4.79 Å². The van der Waals surface area contributed by atoms with Gasteiger partial charge >= 0.3 is 0 Å². The van der Waals surface area contributed by atoms with Gasteiger partial charge in [0, 0.05) is 49.7 Å². The fraction of sp³-hybridized carbons (Fsp3) is 0.290. The Balaban J connectivity index is 1.06. The molecule has 6 heteroatoms. The van der Waals surface area contributed by atoms with Crippen LogP contribution in [-0.4, -0.2) is 59.1 Å². The van der Waals surface area contributed by atoms with E-state index in [4.69, 9.17) is 0 Å². The predicted octanol–water partition coefficient (Wildman–Crippen LogP) is 4.86. The molecule has 186 valence electrons. The minimum atomic E-state index is -0.413. The Kier molecular flexibility index (Phi) is 5.27. The van der Waals surface area contributed by atoms with Crippen LogP contribution in [0.4, 0.5) is 5.69 Å². The van der Waals surface area contributed by atoms with Crippen LogP contribution in [0, 0.1) is 0 Å². The largest absolute Gasteiger partial charge is 0.325 e. The van der Waals surface area contributed by atoms with Gasteiger partial charge in [0.1, 0.15) is 0 Å². The smallest absolute Gasteiger partial charge is 0.235 e. The summed E-state index contributed by atoms with van der Waals surface area (Å²) in [5, 5.41) is 11.9. The van der Waals surface area contributed by atoms with Crippen LogP contribution in [0.5, 0.6) is 0 Å². The second kappa shape index (κ2) is 8.68. The molecule has 6 nitrogen and oxygen atoms in total. The van der Waals surface area contributed by atoms with E-state index in [2.05, 4.69) is 93.0 Å². The molecule has 0 bridgehead atoms. The van der Waals surface area contributed by atoms with Gasteiger partial charge in [-0.3, -0.25) is 14.8 Å². The number of likely N-dealkylation sites (N-methyl/N-ethyl adjacent to an activating group) is 1. The lowest BCUT2D eigenvalue weighted by Crippen LogP contribution is -2.43. The van der Waals surface area contributed by atoms with Crippen LogP contribution < -0.4 is 5.32 Å². The topological polar surface area (TPSA) is 64.3 Å². The van der Waals surface area contributed by atoms with Gasteiger partial charge in [-0.15, -0.1) is 0 Å². The summed E-state index contributed by atoms with van der Waals surface area (Å²) >= 11 is 0. The Labute approximate surface area is 217 Å². The Morgan fingerprint density at radius 2 is 1.81 bits per heavy atom. The van der Waals surface area contributed by atoms with Crippen molar-refractivity contribution in [2.24, 2.45) is 0 Å². The van der Waals surface area contributed by atoms with E-state index < -0.39 is 5.41 Å². The number of nitrogens with zero attached hydrogens (tertiary/aromatic N) is 3. The molecule has 1 aromatic heterocycles. The van der Waals surface area contributed by atoms with Crippen molar-refractivity contribution in [1.29, 1.82) is 0 Å². The summed E-state index contributed by atoms with van der Waals surface area (Å²) in [6, 6.07) is 23.4. The lowest BCUT2D eigenvalue weighted by molar-refractivity contribution is -0.118. The third-order valence-corrected chi connectivity index (χ3v) is 8.46. The second-order valence-electron chi connectivity index (χ2n) is 10.8. The summed E-state index contributed by atoms with van der Waals surface area (Å²) in [4.78, 5) is 17.8. The maximum atomic E-state index is 12.9. The van der Waals surface area contributed by atoms with E-state index in [1.54, 1.807) is 0 Å². The van der Waals surface area contributed by atoms with Gasteiger partial charge < -0.3 is 10.2 Å². The zero-order valence-corrected chi connectivity index (χ0v) is 21.1. The molecule has 7 rings (SSSR count). The Morgan fingerprint density at radius 3 is 2.65 bits per heavy atom. The number of aromatic nitrogens is 2. The van der Waals surface area contributed by atoms with Crippen LogP contribution in [-0.2, 0) is 16.8 Å². The van der Waals surface area contributed by atoms with E-state index >= 15 is 0 Å². The first kappa shape index (κ1) is 22.5. The van der Waals surface area contributed by atoms with Gasteiger partial charge in [0.25, 0.3) is 0 Å². The number of piperazine rings is 1. The number of nitrogens with one attached hydrogen (secondary N) is 2. The number of para-hydroxylation sites is 1. The van der Waals surface area contributed by atoms with Crippen molar-refractivity contribution in [3.05, 3.63) is 94.7 Å². The number of anilines is 1. The van der Waals surface area contributed by atoms with Crippen molar-refractivity contribution in [3.63, 3.8) is 0 Å². The summed E-state index contributed by atoms with van der Waals surface area (Å²) in [6.45, 7) is 5.57. The van der Waals surface area contributed by atoms with Gasteiger partial charge in [-0.1, -0.05) is 60.7 Å². The highest BCUT2D eigenvalue weighted by Gasteiger charge is 2.65. The highest BCUT2D eigenvalue weighted by Crippen LogP contribution is 2.64. The minimum Gasteiger partial charge on any atom is -0.325 e. The predicted molar refractivity (Wildman–Crippen MR) is 148 cm³/mol. The molecule has 1 aliphatic carbocycles. The SMILES string of the molecule is CN1CCN(Cc2ccc(C=Cc3n[nH]c4cc([C@@H]5C[C@@]56C(=O)Nc5ccccc56)ccc34)cc2)CC1. The molecule has 0 unspecified atom stereocenters. The monoisotopic (exact) mass is 489 g/mol. The Bertz CT molecular complexity index is 1510. The van der Waals surface area contributed by atoms with Crippen LogP contribution in [0.2, 0.25) is 0 Å². The van der Waals surface area contributed by atoms with E-state index in [1.807, 2.05) is 18.2 Å². The molecule has 2 atom stereocenters. The van der Waals surface area contributed by atoms with Crippen LogP contribution in [0.3, 0.4) is 0 Å². The molecule has 1 saturated carbocycles. The quantitative estimate of drug-likeness (QED) is 0.420. The molecule has 2 N–H and O–H groups in total. The van der Waals surface area contributed by atoms with Crippen molar-refractivity contribution in [1.82, 2.24) is 20.0 Å². The number of carbonyl (C=O) groups excluding carboxylic acids is 1. The maximum Gasteiger partial charge on any atom is 0.235 e. The number of rotatable bonds is 5. The zero-order chi connectivity index (χ0) is 25.0. The highest BCUT2D eigenvalue weighted by atomic mass is 16.2. The van der Waals surface area contributed by atoms with Gasteiger partial charge in [-0.25, -0.2) is 0 Å². The van der Waals surface area contributed by atoms with Gasteiger partial charge in [0.2, 0.25) is 5.91 Å². The Morgan fingerprint density at radius 1 is 1.00 bits per heavy atom. The summed E-state index contributed by atoms with van der Waals surface area (Å²) in [7, 11) is 2.19. The molecule has 1 saturated heterocycles. The molecule has 2 fully saturated rings. The molecular formula is C31H31N5O. The summed E-state index contributed by atoms with van der Waals surface area (Å²) in [5.41, 5.74) is 7.33. The van der Waals surface area contributed by atoms with E-state index in [9.17, 15) is 4.79 Å². The fourth-order valence-electron chi connectivity index (χ4n) is 6.13. The maximum absolute atomic E-state index is 12.9. The van der Waals surface area contributed by atoms with E-state index in [1.165, 1.54) is 16.7 Å². The molecule has 0 radical (unpaired) electrons. The number of amides is 1. The molecule has 2 aliphatic heterocycles. The van der Waals surface area contributed by atoms with Crippen molar-refractivity contribution in [2.45, 2.75) is 24.3 Å². The van der Waals surface area contributed by atoms with Gasteiger partial charge in [-0.2, -0.15) is 5.10 Å². The first-order valence-corrected chi connectivity index (χ1v) is 13.2. The number of carbonyl (C=O) groups is 1.